The van der Waals surface area contributed by atoms with E-state index in [0.29, 0.717) is 12.6 Å². The molecule has 2 amide bonds. The largest absolute Gasteiger partial charge is 0.352 e. The molecule has 0 unspecified atom stereocenters. The SMILES string of the molecule is O=CN1CCN(CC(=O)NC2CCCCCC2)CC1. The lowest BCUT2D eigenvalue weighted by Gasteiger charge is -2.32. The maximum Gasteiger partial charge on any atom is 0.234 e. The number of hydrogen-bond acceptors (Lipinski definition) is 3. The van der Waals surface area contributed by atoms with Gasteiger partial charge in [-0.1, -0.05) is 25.7 Å². The number of piperazine rings is 1. The van der Waals surface area contributed by atoms with Crippen molar-refractivity contribution in [2.75, 3.05) is 32.7 Å². The quantitative estimate of drug-likeness (QED) is 0.599. The van der Waals surface area contributed by atoms with Gasteiger partial charge in [0.15, 0.2) is 0 Å². The molecule has 0 spiro atoms. The van der Waals surface area contributed by atoms with Gasteiger partial charge in [-0.3, -0.25) is 14.5 Å². The Kier molecular flexibility index (Phi) is 5.63. The summed E-state index contributed by atoms with van der Waals surface area (Å²) in [7, 11) is 0. The highest BCUT2D eigenvalue weighted by atomic mass is 16.2. The van der Waals surface area contributed by atoms with E-state index in [9.17, 15) is 9.59 Å². The van der Waals surface area contributed by atoms with Gasteiger partial charge in [0, 0.05) is 32.2 Å². The van der Waals surface area contributed by atoms with Crippen LogP contribution in [0, 0.1) is 0 Å². The first-order chi connectivity index (χ1) is 9.28. The van der Waals surface area contributed by atoms with Crippen LogP contribution in [0.2, 0.25) is 0 Å². The molecule has 0 aromatic carbocycles. The molecule has 1 N–H and O–H groups in total. The number of carbonyl (C=O) groups excluding carboxylic acids is 2. The minimum Gasteiger partial charge on any atom is -0.352 e. The van der Waals surface area contributed by atoms with Crippen LogP contribution in [-0.4, -0.2) is 60.9 Å². The third-order valence-corrected chi connectivity index (χ3v) is 4.14. The van der Waals surface area contributed by atoms with E-state index in [1.807, 2.05) is 0 Å². The molecule has 2 fully saturated rings. The van der Waals surface area contributed by atoms with E-state index in [4.69, 9.17) is 0 Å². The second-order valence-corrected chi connectivity index (χ2v) is 5.67. The number of nitrogens with zero attached hydrogens (tertiary/aromatic N) is 2. The Hall–Kier alpha value is -1.10. The molecule has 108 valence electrons. The van der Waals surface area contributed by atoms with Crippen molar-refractivity contribution in [2.24, 2.45) is 0 Å². The number of amides is 2. The van der Waals surface area contributed by atoms with Crippen molar-refractivity contribution in [1.82, 2.24) is 15.1 Å². The van der Waals surface area contributed by atoms with Gasteiger partial charge in [-0.2, -0.15) is 0 Å². The van der Waals surface area contributed by atoms with Crippen molar-refractivity contribution < 1.29 is 9.59 Å². The van der Waals surface area contributed by atoms with E-state index >= 15 is 0 Å². The van der Waals surface area contributed by atoms with Gasteiger partial charge in [-0.15, -0.1) is 0 Å². The topological polar surface area (TPSA) is 52.7 Å². The molecule has 2 rings (SSSR count). The lowest BCUT2D eigenvalue weighted by molar-refractivity contribution is -0.124. The van der Waals surface area contributed by atoms with E-state index < -0.39 is 0 Å². The highest BCUT2D eigenvalue weighted by molar-refractivity contribution is 5.78. The van der Waals surface area contributed by atoms with Crippen molar-refractivity contribution in [3.8, 4) is 0 Å². The summed E-state index contributed by atoms with van der Waals surface area (Å²) in [6.45, 7) is 3.55. The molecule has 19 heavy (non-hydrogen) atoms. The molecular weight excluding hydrogens is 242 g/mol. The van der Waals surface area contributed by atoms with Crippen molar-refractivity contribution in [3.63, 3.8) is 0 Å². The zero-order valence-corrected chi connectivity index (χ0v) is 11.6. The molecule has 0 bridgehead atoms. The van der Waals surface area contributed by atoms with Crippen LogP contribution in [-0.2, 0) is 9.59 Å². The van der Waals surface area contributed by atoms with Gasteiger partial charge < -0.3 is 10.2 Å². The smallest absolute Gasteiger partial charge is 0.234 e. The summed E-state index contributed by atoms with van der Waals surface area (Å²) in [5.74, 6) is 0.145. The highest BCUT2D eigenvalue weighted by Crippen LogP contribution is 2.17. The second-order valence-electron chi connectivity index (χ2n) is 5.67. The van der Waals surface area contributed by atoms with Crippen LogP contribution in [0.25, 0.3) is 0 Å². The summed E-state index contributed by atoms with van der Waals surface area (Å²) in [5.41, 5.74) is 0. The van der Waals surface area contributed by atoms with Crippen molar-refractivity contribution in [1.29, 1.82) is 0 Å². The fourth-order valence-electron chi connectivity index (χ4n) is 2.93. The minimum absolute atomic E-state index is 0.145. The Bertz CT molecular complexity index is 293. The molecule has 0 atom stereocenters. The lowest BCUT2D eigenvalue weighted by atomic mass is 10.1. The molecule has 1 heterocycles. The first-order valence-corrected chi connectivity index (χ1v) is 7.49. The van der Waals surface area contributed by atoms with Crippen LogP contribution in [0.1, 0.15) is 38.5 Å². The van der Waals surface area contributed by atoms with Crippen LogP contribution in [0.15, 0.2) is 0 Å². The molecule has 1 saturated heterocycles. The molecule has 0 aromatic rings. The first-order valence-electron chi connectivity index (χ1n) is 7.49. The van der Waals surface area contributed by atoms with Crippen LogP contribution >= 0.6 is 0 Å². The van der Waals surface area contributed by atoms with Gasteiger partial charge >= 0.3 is 0 Å². The van der Waals surface area contributed by atoms with E-state index in [1.54, 1.807) is 4.90 Å². The number of hydrogen-bond donors (Lipinski definition) is 1. The number of carbonyl (C=O) groups is 2. The lowest BCUT2D eigenvalue weighted by Crippen LogP contribution is -2.50. The summed E-state index contributed by atoms with van der Waals surface area (Å²) in [4.78, 5) is 26.5. The third-order valence-electron chi connectivity index (χ3n) is 4.14. The first kappa shape index (κ1) is 14.3. The van der Waals surface area contributed by atoms with E-state index in [2.05, 4.69) is 10.2 Å². The molecular formula is C14H25N3O2. The molecule has 0 radical (unpaired) electrons. The van der Waals surface area contributed by atoms with E-state index in [1.165, 1.54) is 25.7 Å². The Morgan fingerprint density at radius 1 is 1.05 bits per heavy atom. The van der Waals surface area contributed by atoms with E-state index in [-0.39, 0.29) is 5.91 Å². The fourth-order valence-corrected chi connectivity index (χ4v) is 2.93. The summed E-state index contributed by atoms with van der Waals surface area (Å²) < 4.78 is 0. The standard InChI is InChI=1S/C14H25N3O2/c18-12-17-9-7-16(8-10-17)11-14(19)15-13-5-3-1-2-4-6-13/h12-13H,1-11H2,(H,15,19). The molecule has 5 heteroatoms. The van der Waals surface area contributed by atoms with Gasteiger partial charge in [0.1, 0.15) is 0 Å². The normalized spacial score (nSPS) is 22.8. The predicted molar refractivity (Wildman–Crippen MR) is 73.7 cm³/mol. The van der Waals surface area contributed by atoms with Gasteiger partial charge in [0.25, 0.3) is 0 Å². The Morgan fingerprint density at radius 2 is 1.68 bits per heavy atom. The fraction of sp³-hybridized carbons (Fsp3) is 0.857. The Balaban J connectivity index is 1.67. The summed E-state index contributed by atoms with van der Waals surface area (Å²) in [6, 6.07) is 0.381. The van der Waals surface area contributed by atoms with Crippen LogP contribution in [0.3, 0.4) is 0 Å². The van der Waals surface area contributed by atoms with Gasteiger partial charge in [-0.05, 0) is 12.8 Å². The number of rotatable bonds is 4. The maximum absolute atomic E-state index is 12.0. The Morgan fingerprint density at radius 3 is 2.26 bits per heavy atom. The minimum atomic E-state index is 0.145. The molecule has 1 saturated carbocycles. The van der Waals surface area contributed by atoms with Gasteiger partial charge in [-0.25, -0.2) is 0 Å². The molecule has 1 aliphatic heterocycles. The van der Waals surface area contributed by atoms with Crippen molar-refractivity contribution >= 4 is 12.3 Å². The van der Waals surface area contributed by atoms with Gasteiger partial charge in [0.05, 0.1) is 6.54 Å². The number of nitrogens with one attached hydrogen (secondary N) is 1. The molecule has 1 aliphatic carbocycles. The highest BCUT2D eigenvalue weighted by Gasteiger charge is 2.20. The van der Waals surface area contributed by atoms with Crippen molar-refractivity contribution in [3.05, 3.63) is 0 Å². The van der Waals surface area contributed by atoms with Crippen molar-refractivity contribution in [2.45, 2.75) is 44.6 Å². The Labute approximate surface area is 115 Å². The average Bonchev–Trinajstić information content (AvgIpc) is 2.68. The van der Waals surface area contributed by atoms with Gasteiger partial charge in [0.2, 0.25) is 12.3 Å². The monoisotopic (exact) mass is 267 g/mol. The third kappa shape index (κ3) is 4.82. The zero-order valence-electron chi connectivity index (χ0n) is 11.6. The van der Waals surface area contributed by atoms with Crippen LogP contribution < -0.4 is 5.32 Å². The maximum atomic E-state index is 12.0. The summed E-state index contributed by atoms with van der Waals surface area (Å²) >= 11 is 0. The van der Waals surface area contributed by atoms with Crippen LogP contribution in [0.4, 0.5) is 0 Å². The average molecular weight is 267 g/mol. The second kappa shape index (κ2) is 7.48. The zero-order chi connectivity index (χ0) is 13.5. The molecule has 5 nitrogen and oxygen atoms in total. The molecule has 2 aliphatic rings. The summed E-state index contributed by atoms with van der Waals surface area (Å²) in [5, 5.41) is 3.17. The predicted octanol–water partition coefficient (Wildman–Crippen LogP) is 0.599. The molecule has 0 aromatic heterocycles. The van der Waals surface area contributed by atoms with E-state index in [0.717, 1.165) is 45.4 Å². The van der Waals surface area contributed by atoms with Crippen LogP contribution in [0.5, 0.6) is 0 Å². The summed E-state index contributed by atoms with van der Waals surface area (Å²) in [6.07, 6.45) is 8.24.